The summed E-state index contributed by atoms with van der Waals surface area (Å²) < 4.78 is 0. The van der Waals surface area contributed by atoms with Crippen molar-refractivity contribution >= 4 is 11.9 Å². The van der Waals surface area contributed by atoms with Crippen LogP contribution in [0.25, 0.3) is 0 Å². The molecule has 0 unspecified atom stereocenters. The fraction of sp³-hybridized carbons (Fsp3) is 0.571. The SMILES string of the molecule is CC(C)=C[C@@H]1C=C(C)[C@H](C)[C@H](C(=O)O)[C@H]1C(=O)O. The van der Waals surface area contributed by atoms with Gasteiger partial charge in [0.1, 0.15) is 0 Å². The van der Waals surface area contributed by atoms with Crippen LogP contribution >= 0.6 is 0 Å². The van der Waals surface area contributed by atoms with E-state index in [0.717, 1.165) is 11.1 Å². The van der Waals surface area contributed by atoms with E-state index in [-0.39, 0.29) is 11.8 Å². The van der Waals surface area contributed by atoms with Crippen LogP contribution in [0.2, 0.25) is 0 Å². The Kier molecular flexibility index (Phi) is 4.33. The Hall–Kier alpha value is -1.58. The highest BCUT2D eigenvalue weighted by atomic mass is 16.4. The summed E-state index contributed by atoms with van der Waals surface area (Å²) >= 11 is 0. The zero-order chi connectivity index (χ0) is 14.0. The first-order valence-corrected chi connectivity index (χ1v) is 6.04. The zero-order valence-corrected chi connectivity index (χ0v) is 11.2. The molecule has 0 heterocycles. The lowest BCUT2D eigenvalue weighted by atomic mass is 9.67. The van der Waals surface area contributed by atoms with Crippen molar-refractivity contribution in [2.24, 2.45) is 23.7 Å². The molecule has 1 rings (SSSR count). The quantitative estimate of drug-likeness (QED) is 0.757. The van der Waals surface area contributed by atoms with Gasteiger partial charge in [0.05, 0.1) is 11.8 Å². The van der Waals surface area contributed by atoms with Gasteiger partial charge in [-0.1, -0.05) is 30.2 Å². The van der Waals surface area contributed by atoms with E-state index in [1.807, 2.05) is 32.9 Å². The third-order valence-corrected chi connectivity index (χ3v) is 3.61. The van der Waals surface area contributed by atoms with Gasteiger partial charge in [-0.25, -0.2) is 0 Å². The Morgan fingerprint density at radius 3 is 2.06 bits per heavy atom. The molecule has 1 aliphatic carbocycles. The van der Waals surface area contributed by atoms with Crippen molar-refractivity contribution in [2.45, 2.75) is 27.7 Å². The number of carboxylic acids is 2. The lowest BCUT2D eigenvalue weighted by Crippen LogP contribution is -2.41. The van der Waals surface area contributed by atoms with E-state index in [4.69, 9.17) is 0 Å². The highest BCUT2D eigenvalue weighted by Crippen LogP contribution is 2.39. The minimum atomic E-state index is -1.04. The van der Waals surface area contributed by atoms with Crippen LogP contribution in [0.1, 0.15) is 27.7 Å². The summed E-state index contributed by atoms with van der Waals surface area (Å²) in [5.74, 6) is -4.42. The standard InChI is InChI=1S/C14H20O4/c1-7(2)5-10-6-8(3)9(4)11(13(15)16)12(10)14(17)18/h5-6,9-12H,1-4H3,(H,15,16)(H,17,18)/t9-,10+,11-,12-/m0/s1. The lowest BCUT2D eigenvalue weighted by molar-refractivity contribution is -0.157. The summed E-state index contributed by atoms with van der Waals surface area (Å²) in [7, 11) is 0. The van der Waals surface area contributed by atoms with Crippen LogP contribution in [0, 0.1) is 23.7 Å². The molecule has 2 N–H and O–H groups in total. The molecule has 4 nitrogen and oxygen atoms in total. The first-order valence-electron chi connectivity index (χ1n) is 6.04. The predicted molar refractivity (Wildman–Crippen MR) is 68.1 cm³/mol. The average molecular weight is 252 g/mol. The molecule has 0 aromatic heterocycles. The van der Waals surface area contributed by atoms with Gasteiger partial charge in [-0.2, -0.15) is 0 Å². The molecule has 0 aromatic carbocycles. The molecule has 0 aliphatic heterocycles. The molecule has 0 spiro atoms. The van der Waals surface area contributed by atoms with E-state index < -0.39 is 23.8 Å². The second-order valence-corrected chi connectivity index (χ2v) is 5.25. The van der Waals surface area contributed by atoms with Gasteiger partial charge in [0, 0.05) is 5.92 Å². The van der Waals surface area contributed by atoms with Crippen LogP contribution in [0.3, 0.4) is 0 Å². The van der Waals surface area contributed by atoms with Gasteiger partial charge in [-0.3, -0.25) is 9.59 Å². The molecule has 100 valence electrons. The Morgan fingerprint density at radius 2 is 1.67 bits per heavy atom. The Labute approximate surface area is 107 Å². The molecular weight excluding hydrogens is 232 g/mol. The van der Waals surface area contributed by atoms with Crippen LogP contribution < -0.4 is 0 Å². The summed E-state index contributed by atoms with van der Waals surface area (Å²) in [6.45, 7) is 7.41. The summed E-state index contributed by atoms with van der Waals surface area (Å²) in [4.78, 5) is 22.7. The van der Waals surface area contributed by atoms with Gasteiger partial charge in [0.15, 0.2) is 0 Å². The Morgan fingerprint density at radius 1 is 1.17 bits per heavy atom. The number of allylic oxidation sites excluding steroid dienone is 4. The van der Waals surface area contributed by atoms with Crippen molar-refractivity contribution < 1.29 is 19.8 Å². The first kappa shape index (κ1) is 14.5. The molecule has 0 saturated carbocycles. The Balaban J connectivity index is 3.29. The van der Waals surface area contributed by atoms with Crippen LogP contribution in [0.5, 0.6) is 0 Å². The smallest absolute Gasteiger partial charge is 0.308 e. The van der Waals surface area contributed by atoms with Crippen LogP contribution in [-0.4, -0.2) is 22.2 Å². The molecule has 4 heteroatoms. The van der Waals surface area contributed by atoms with Crippen molar-refractivity contribution in [3.8, 4) is 0 Å². The van der Waals surface area contributed by atoms with E-state index in [0.29, 0.717) is 0 Å². The van der Waals surface area contributed by atoms with Crippen molar-refractivity contribution in [2.75, 3.05) is 0 Å². The minimum Gasteiger partial charge on any atom is -0.481 e. The summed E-state index contributed by atoms with van der Waals surface area (Å²) in [5.41, 5.74) is 1.94. The van der Waals surface area contributed by atoms with Crippen molar-refractivity contribution in [1.82, 2.24) is 0 Å². The molecule has 0 aromatic rings. The minimum absolute atomic E-state index is 0.245. The maximum Gasteiger partial charge on any atom is 0.308 e. The van der Waals surface area contributed by atoms with Crippen molar-refractivity contribution in [3.63, 3.8) is 0 Å². The summed E-state index contributed by atoms with van der Waals surface area (Å²) in [5, 5.41) is 18.6. The van der Waals surface area contributed by atoms with Crippen LogP contribution in [-0.2, 0) is 9.59 Å². The van der Waals surface area contributed by atoms with Gasteiger partial charge < -0.3 is 10.2 Å². The maximum absolute atomic E-state index is 11.4. The highest BCUT2D eigenvalue weighted by molar-refractivity contribution is 5.82. The largest absolute Gasteiger partial charge is 0.481 e. The van der Waals surface area contributed by atoms with Gasteiger partial charge in [0.25, 0.3) is 0 Å². The van der Waals surface area contributed by atoms with Crippen LogP contribution in [0.15, 0.2) is 23.3 Å². The van der Waals surface area contributed by atoms with Gasteiger partial charge in [-0.05, 0) is 26.7 Å². The maximum atomic E-state index is 11.4. The van der Waals surface area contributed by atoms with E-state index in [1.165, 1.54) is 0 Å². The van der Waals surface area contributed by atoms with Gasteiger partial charge in [-0.15, -0.1) is 0 Å². The van der Waals surface area contributed by atoms with E-state index in [2.05, 4.69) is 0 Å². The van der Waals surface area contributed by atoms with Gasteiger partial charge in [0.2, 0.25) is 0 Å². The van der Waals surface area contributed by atoms with Crippen LogP contribution in [0.4, 0.5) is 0 Å². The monoisotopic (exact) mass is 252 g/mol. The molecule has 18 heavy (non-hydrogen) atoms. The number of carboxylic acid groups (broad SMARTS) is 2. The first-order chi connectivity index (χ1) is 8.25. The third-order valence-electron chi connectivity index (χ3n) is 3.61. The van der Waals surface area contributed by atoms with E-state index in [1.54, 1.807) is 6.92 Å². The molecule has 0 fully saturated rings. The van der Waals surface area contributed by atoms with E-state index in [9.17, 15) is 19.8 Å². The predicted octanol–water partition coefficient (Wildman–Crippen LogP) is 2.57. The summed E-state index contributed by atoms with van der Waals surface area (Å²) in [6, 6.07) is 0. The highest BCUT2D eigenvalue weighted by Gasteiger charge is 2.44. The number of carbonyl (C=O) groups is 2. The Bertz CT molecular complexity index is 416. The van der Waals surface area contributed by atoms with E-state index >= 15 is 0 Å². The molecule has 0 amide bonds. The molecule has 0 radical (unpaired) electrons. The second-order valence-electron chi connectivity index (χ2n) is 5.25. The normalized spacial score (nSPS) is 31.4. The second kappa shape index (κ2) is 5.38. The topological polar surface area (TPSA) is 74.6 Å². The third kappa shape index (κ3) is 2.81. The fourth-order valence-corrected chi connectivity index (χ4v) is 2.62. The average Bonchev–Trinajstić information content (AvgIpc) is 2.20. The molecule has 4 atom stereocenters. The molecular formula is C14H20O4. The molecule has 0 saturated heterocycles. The number of rotatable bonds is 3. The lowest BCUT2D eigenvalue weighted by Gasteiger charge is -2.35. The number of hydrogen-bond donors (Lipinski definition) is 2. The summed E-state index contributed by atoms with van der Waals surface area (Å²) in [6.07, 6.45) is 3.72. The molecule has 0 bridgehead atoms. The molecule has 1 aliphatic rings. The van der Waals surface area contributed by atoms with Crippen molar-refractivity contribution in [1.29, 1.82) is 0 Å². The fourth-order valence-electron chi connectivity index (χ4n) is 2.62. The number of hydrogen-bond acceptors (Lipinski definition) is 2. The zero-order valence-electron chi connectivity index (χ0n) is 11.2. The van der Waals surface area contributed by atoms with Gasteiger partial charge >= 0.3 is 11.9 Å². The number of aliphatic carboxylic acids is 2. The van der Waals surface area contributed by atoms with Crippen molar-refractivity contribution in [3.05, 3.63) is 23.3 Å².